The van der Waals surface area contributed by atoms with Crippen molar-refractivity contribution in [1.29, 1.82) is 0 Å². The van der Waals surface area contributed by atoms with Crippen LogP contribution in [-0.2, 0) is 0 Å². The van der Waals surface area contributed by atoms with Gasteiger partial charge in [-0.05, 0) is 11.6 Å². The molecular weight excluding hydrogens is 207 g/mol. The Labute approximate surface area is 84.7 Å². The van der Waals surface area contributed by atoms with Crippen molar-refractivity contribution >= 4 is 17.7 Å². The Morgan fingerprint density at radius 3 is 3.21 bits per heavy atom. The zero-order chi connectivity index (χ0) is 10.4. The molecule has 0 unspecified atom stereocenters. The van der Waals surface area contributed by atoms with Crippen molar-refractivity contribution in [2.45, 2.75) is 0 Å². The van der Waals surface area contributed by atoms with Gasteiger partial charge < -0.3 is 0 Å². The molecule has 72 valence electrons. The molecule has 0 aliphatic carbocycles. The summed E-state index contributed by atoms with van der Waals surface area (Å²) in [5.74, 6) is -0.605. The summed E-state index contributed by atoms with van der Waals surface area (Å²) < 4.78 is 13.0. The molecule has 0 N–H and O–H groups in total. The third kappa shape index (κ3) is 3.05. The number of halogens is 2. The van der Waals surface area contributed by atoms with Gasteiger partial charge in [0, 0.05) is 23.2 Å². The molecule has 6 heteroatoms. The molecule has 4 nitrogen and oxygen atoms in total. The van der Waals surface area contributed by atoms with E-state index < -0.39 is 5.95 Å². The monoisotopic (exact) mass is 212 g/mol. The fourth-order valence-corrected chi connectivity index (χ4v) is 0.985. The van der Waals surface area contributed by atoms with E-state index in [9.17, 15) is 4.39 Å². The normalized spacial score (nSPS) is 10.1. The molecule has 0 spiro atoms. The molecule has 0 atom stereocenters. The van der Waals surface area contributed by atoms with Crippen LogP contribution in [0.25, 0.3) is 16.5 Å². The molecule has 1 heterocycles. The quantitative estimate of drug-likeness (QED) is 0.328. The maximum Gasteiger partial charge on any atom is 0.220 e. The minimum absolute atomic E-state index is 0.169. The van der Waals surface area contributed by atoms with Crippen LogP contribution in [-0.4, -0.2) is 11.5 Å². The van der Waals surface area contributed by atoms with E-state index in [0.717, 1.165) is 0 Å². The summed E-state index contributed by atoms with van der Waals surface area (Å²) in [4.78, 5) is 5.97. The van der Waals surface area contributed by atoms with Crippen LogP contribution in [0.3, 0.4) is 0 Å². The molecule has 0 aliphatic heterocycles. The molecule has 0 bridgehead atoms. The maximum absolute atomic E-state index is 13.0. The van der Waals surface area contributed by atoms with E-state index in [-0.39, 0.29) is 12.1 Å². The van der Waals surface area contributed by atoms with Crippen LogP contribution in [0.15, 0.2) is 23.5 Å². The lowest BCUT2D eigenvalue weighted by Gasteiger charge is -1.95. The lowest BCUT2D eigenvalue weighted by atomic mass is 10.2. The zero-order valence-corrected chi connectivity index (χ0v) is 7.82. The molecule has 0 fully saturated rings. The summed E-state index contributed by atoms with van der Waals surface area (Å²) in [6.45, 7) is 0.169. The fourth-order valence-electron chi connectivity index (χ4n) is 0.818. The van der Waals surface area contributed by atoms with E-state index in [1.165, 1.54) is 24.4 Å². The molecule has 0 aliphatic rings. The number of rotatable bonds is 3. The van der Waals surface area contributed by atoms with Gasteiger partial charge in [0.15, 0.2) is 0 Å². The van der Waals surface area contributed by atoms with E-state index in [1.807, 2.05) is 0 Å². The fraction of sp³-hybridized carbons (Fsp3) is 0.125. The SMILES string of the molecule is [N-]=[N+]=NCC=Cc1cc(Cl)cnc1F. The summed E-state index contributed by atoms with van der Waals surface area (Å²) in [7, 11) is 0. The van der Waals surface area contributed by atoms with Crippen LogP contribution >= 0.6 is 11.6 Å². The molecule has 0 amide bonds. The summed E-state index contributed by atoms with van der Waals surface area (Å²) >= 11 is 5.61. The van der Waals surface area contributed by atoms with E-state index in [2.05, 4.69) is 15.0 Å². The minimum atomic E-state index is -0.605. The summed E-state index contributed by atoms with van der Waals surface area (Å²) in [6, 6.07) is 1.44. The van der Waals surface area contributed by atoms with Gasteiger partial charge in [-0.1, -0.05) is 28.9 Å². The van der Waals surface area contributed by atoms with Crippen molar-refractivity contribution in [3.05, 3.63) is 45.3 Å². The van der Waals surface area contributed by atoms with Gasteiger partial charge in [0.2, 0.25) is 5.95 Å². The first kappa shape index (κ1) is 10.5. The highest BCUT2D eigenvalue weighted by Gasteiger charge is 1.99. The van der Waals surface area contributed by atoms with Gasteiger partial charge >= 0.3 is 0 Å². The molecule has 0 radical (unpaired) electrons. The first-order valence-electron chi connectivity index (χ1n) is 3.72. The van der Waals surface area contributed by atoms with Crippen molar-refractivity contribution in [2.75, 3.05) is 6.54 Å². The smallest absolute Gasteiger partial charge is 0.220 e. The van der Waals surface area contributed by atoms with Gasteiger partial charge in [0.1, 0.15) is 0 Å². The van der Waals surface area contributed by atoms with Gasteiger partial charge in [-0.3, -0.25) is 0 Å². The number of pyridine rings is 1. The van der Waals surface area contributed by atoms with Gasteiger partial charge in [-0.2, -0.15) is 4.39 Å². The van der Waals surface area contributed by atoms with Crippen LogP contribution in [0, 0.1) is 5.95 Å². The van der Waals surface area contributed by atoms with E-state index in [0.29, 0.717) is 5.02 Å². The molecule has 0 saturated heterocycles. The Morgan fingerprint density at radius 1 is 1.71 bits per heavy atom. The van der Waals surface area contributed by atoms with Crippen LogP contribution in [0.5, 0.6) is 0 Å². The first-order chi connectivity index (χ1) is 6.74. The Balaban J connectivity index is 2.79. The number of aromatic nitrogens is 1. The molecule has 0 saturated carbocycles. The second-order valence-corrected chi connectivity index (χ2v) is 2.79. The third-order valence-corrected chi connectivity index (χ3v) is 1.59. The van der Waals surface area contributed by atoms with Crippen molar-refractivity contribution < 1.29 is 4.39 Å². The average molecular weight is 213 g/mol. The molecular formula is C8H6ClFN4. The Morgan fingerprint density at radius 2 is 2.50 bits per heavy atom. The predicted molar refractivity (Wildman–Crippen MR) is 52.3 cm³/mol. The first-order valence-corrected chi connectivity index (χ1v) is 4.10. The highest BCUT2D eigenvalue weighted by atomic mass is 35.5. The highest BCUT2D eigenvalue weighted by Crippen LogP contribution is 2.13. The Kier molecular flexibility index (Phi) is 3.91. The molecule has 1 aromatic rings. The number of hydrogen-bond acceptors (Lipinski definition) is 2. The van der Waals surface area contributed by atoms with E-state index in [4.69, 9.17) is 17.1 Å². The van der Waals surface area contributed by atoms with Gasteiger partial charge in [0.05, 0.1) is 5.02 Å². The molecule has 1 rings (SSSR count). The average Bonchev–Trinajstić information content (AvgIpc) is 2.18. The lowest BCUT2D eigenvalue weighted by Crippen LogP contribution is -1.86. The standard InChI is InChI=1S/C8H6ClFN4/c9-7-4-6(8(10)12-5-7)2-1-3-13-14-11/h1-2,4-5H,3H2. The Bertz CT molecular complexity index is 398. The number of nitrogens with zero attached hydrogens (tertiary/aromatic N) is 4. The molecule has 1 aromatic heterocycles. The van der Waals surface area contributed by atoms with Gasteiger partial charge in [-0.15, -0.1) is 0 Å². The van der Waals surface area contributed by atoms with E-state index in [1.54, 1.807) is 0 Å². The zero-order valence-electron chi connectivity index (χ0n) is 7.06. The largest absolute Gasteiger partial charge is 0.226 e. The topological polar surface area (TPSA) is 61.7 Å². The molecule has 0 aromatic carbocycles. The van der Waals surface area contributed by atoms with Crippen molar-refractivity contribution in [3.63, 3.8) is 0 Å². The van der Waals surface area contributed by atoms with Gasteiger partial charge in [-0.25, -0.2) is 4.98 Å². The second-order valence-electron chi connectivity index (χ2n) is 2.35. The van der Waals surface area contributed by atoms with Crippen molar-refractivity contribution in [3.8, 4) is 0 Å². The third-order valence-electron chi connectivity index (χ3n) is 1.38. The van der Waals surface area contributed by atoms with Crippen LogP contribution in [0.2, 0.25) is 5.02 Å². The number of azide groups is 1. The number of hydrogen-bond donors (Lipinski definition) is 0. The summed E-state index contributed by atoms with van der Waals surface area (Å²) in [6.07, 6.45) is 4.21. The lowest BCUT2D eigenvalue weighted by molar-refractivity contribution is 0.581. The summed E-state index contributed by atoms with van der Waals surface area (Å²) in [5, 5.41) is 3.61. The summed E-state index contributed by atoms with van der Waals surface area (Å²) in [5.41, 5.74) is 8.25. The van der Waals surface area contributed by atoms with E-state index >= 15 is 0 Å². The van der Waals surface area contributed by atoms with Crippen LogP contribution < -0.4 is 0 Å². The Hall–Kier alpha value is -1.58. The van der Waals surface area contributed by atoms with Crippen LogP contribution in [0.4, 0.5) is 4.39 Å². The maximum atomic E-state index is 13.0. The van der Waals surface area contributed by atoms with Crippen LogP contribution in [0.1, 0.15) is 5.56 Å². The predicted octanol–water partition coefficient (Wildman–Crippen LogP) is 3.20. The minimum Gasteiger partial charge on any atom is -0.226 e. The molecule has 14 heavy (non-hydrogen) atoms. The second kappa shape index (κ2) is 5.21. The van der Waals surface area contributed by atoms with Gasteiger partial charge in [0.25, 0.3) is 0 Å². The van der Waals surface area contributed by atoms with Crippen molar-refractivity contribution in [1.82, 2.24) is 4.98 Å². The highest BCUT2D eigenvalue weighted by molar-refractivity contribution is 6.30. The van der Waals surface area contributed by atoms with Crippen molar-refractivity contribution in [2.24, 2.45) is 5.11 Å².